The molecule has 1 fully saturated rings. The summed E-state index contributed by atoms with van der Waals surface area (Å²) in [5, 5.41) is 2.99. The quantitative estimate of drug-likeness (QED) is 0.570. The van der Waals surface area contributed by atoms with Crippen molar-refractivity contribution in [3.8, 4) is 5.75 Å². The van der Waals surface area contributed by atoms with Crippen LogP contribution in [0.15, 0.2) is 48.1 Å². The normalized spacial score (nSPS) is 17.0. The van der Waals surface area contributed by atoms with E-state index in [1.807, 2.05) is 25.2 Å². The Bertz CT molecular complexity index is 649. The number of ether oxygens (including phenoxy) is 1. The van der Waals surface area contributed by atoms with Gasteiger partial charge in [-0.05, 0) is 62.1 Å². The van der Waals surface area contributed by atoms with Gasteiger partial charge in [-0.2, -0.15) is 0 Å². The molecule has 0 bridgehead atoms. The zero-order chi connectivity index (χ0) is 17.5. The van der Waals surface area contributed by atoms with E-state index in [1.165, 1.54) is 0 Å². The molecule has 1 heterocycles. The standard InChI is InChI=1S/C19H22ClF2NO/c1-3-5-14(15(4-2)13-8-10-23-11-9-13)12-24-19-17(22)7-6-16(21)18(19)20/h3-7,13,23H,2,8-12H2,1H3/b5-3-,15-14-. The molecular formula is C19H22ClF2NO. The highest BCUT2D eigenvalue weighted by molar-refractivity contribution is 6.32. The molecule has 5 heteroatoms. The third-order valence-electron chi connectivity index (χ3n) is 4.11. The number of halogens is 3. The number of hydrogen-bond donors (Lipinski definition) is 1. The first-order valence-electron chi connectivity index (χ1n) is 8.03. The average molecular weight is 354 g/mol. The number of allylic oxidation sites excluding steroid dienone is 3. The minimum absolute atomic E-state index is 0.107. The van der Waals surface area contributed by atoms with Crippen molar-refractivity contribution in [2.24, 2.45) is 5.92 Å². The maximum absolute atomic E-state index is 13.9. The van der Waals surface area contributed by atoms with Crippen molar-refractivity contribution in [2.45, 2.75) is 19.8 Å². The molecule has 1 aliphatic heterocycles. The summed E-state index contributed by atoms with van der Waals surface area (Å²) in [7, 11) is 0. The van der Waals surface area contributed by atoms with Crippen molar-refractivity contribution < 1.29 is 13.5 Å². The second-order valence-corrected chi connectivity index (χ2v) is 6.05. The Kier molecular flexibility index (Phi) is 7.00. The summed E-state index contributed by atoms with van der Waals surface area (Å²) in [5.41, 5.74) is 1.99. The number of nitrogens with one attached hydrogen (secondary N) is 1. The van der Waals surface area contributed by atoms with Gasteiger partial charge in [-0.25, -0.2) is 8.78 Å². The number of hydrogen-bond acceptors (Lipinski definition) is 2. The van der Waals surface area contributed by atoms with Gasteiger partial charge in [-0.3, -0.25) is 0 Å². The van der Waals surface area contributed by atoms with Crippen LogP contribution < -0.4 is 10.1 Å². The summed E-state index contributed by atoms with van der Waals surface area (Å²) in [5.74, 6) is -1.26. The molecule has 24 heavy (non-hydrogen) atoms. The predicted molar refractivity (Wildman–Crippen MR) is 94.5 cm³/mol. The minimum atomic E-state index is -0.702. The summed E-state index contributed by atoms with van der Waals surface area (Å²) < 4.78 is 32.9. The topological polar surface area (TPSA) is 21.3 Å². The summed E-state index contributed by atoms with van der Waals surface area (Å²) >= 11 is 5.82. The second kappa shape index (κ2) is 9.00. The first kappa shape index (κ1) is 18.7. The Morgan fingerprint density at radius 1 is 1.33 bits per heavy atom. The summed E-state index contributed by atoms with van der Waals surface area (Å²) in [6, 6.07) is 1.99. The molecule has 2 rings (SSSR count). The van der Waals surface area contributed by atoms with Gasteiger partial charge in [0.1, 0.15) is 17.4 Å². The van der Waals surface area contributed by atoms with Crippen molar-refractivity contribution in [3.63, 3.8) is 0 Å². The highest BCUT2D eigenvalue weighted by Gasteiger charge is 2.19. The van der Waals surface area contributed by atoms with Crippen molar-refractivity contribution in [1.29, 1.82) is 0 Å². The molecule has 0 unspecified atom stereocenters. The molecule has 0 saturated carbocycles. The van der Waals surface area contributed by atoms with E-state index >= 15 is 0 Å². The monoisotopic (exact) mass is 353 g/mol. The molecule has 0 atom stereocenters. The van der Waals surface area contributed by atoms with Gasteiger partial charge in [-0.1, -0.05) is 36.4 Å². The van der Waals surface area contributed by atoms with E-state index in [4.69, 9.17) is 16.3 Å². The van der Waals surface area contributed by atoms with E-state index in [-0.39, 0.29) is 17.4 Å². The third kappa shape index (κ3) is 4.46. The highest BCUT2D eigenvalue weighted by atomic mass is 35.5. The van der Waals surface area contributed by atoms with Crippen LogP contribution in [0.1, 0.15) is 19.8 Å². The minimum Gasteiger partial charge on any atom is -0.484 e. The van der Waals surface area contributed by atoms with Crippen molar-refractivity contribution in [1.82, 2.24) is 5.32 Å². The Hall–Kier alpha value is -1.65. The molecule has 0 spiro atoms. The Labute approximate surface area is 146 Å². The Balaban J connectivity index is 2.26. The average Bonchev–Trinajstić information content (AvgIpc) is 2.60. The molecular weight excluding hydrogens is 332 g/mol. The van der Waals surface area contributed by atoms with Gasteiger partial charge < -0.3 is 10.1 Å². The maximum Gasteiger partial charge on any atom is 0.177 e. The van der Waals surface area contributed by atoms with Gasteiger partial charge in [0.25, 0.3) is 0 Å². The fraction of sp³-hybridized carbons (Fsp3) is 0.368. The molecule has 130 valence electrons. The van der Waals surface area contributed by atoms with Gasteiger partial charge in [-0.15, -0.1) is 0 Å². The van der Waals surface area contributed by atoms with Gasteiger partial charge in [0, 0.05) is 0 Å². The van der Waals surface area contributed by atoms with Crippen LogP contribution in [0.5, 0.6) is 5.75 Å². The van der Waals surface area contributed by atoms with Gasteiger partial charge in [0.05, 0.1) is 0 Å². The maximum atomic E-state index is 13.9. The Morgan fingerprint density at radius 2 is 2.00 bits per heavy atom. The van der Waals surface area contributed by atoms with Crippen molar-refractivity contribution in [2.75, 3.05) is 19.7 Å². The number of rotatable bonds is 6. The molecule has 0 amide bonds. The SMILES string of the molecule is C=C/C(=C(\C=C/C)COc1c(F)ccc(F)c1Cl)C1CCNCC1. The molecule has 0 aromatic heterocycles. The fourth-order valence-electron chi connectivity index (χ4n) is 2.91. The third-order valence-corrected chi connectivity index (χ3v) is 4.46. The van der Waals surface area contributed by atoms with Gasteiger partial charge in [0.15, 0.2) is 11.6 Å². The lowest BCUT2D eigenvalue weighted by molar-refractivity contribution is 0.329. The van der Waals surface area contributed by atoms with Gasteiger partial charge in [0.2, 0.25) is 0 Å². The van der Waals surface area contributed by atoms with Crippen LogP contribution in [0.3, 0.4) is 0 Å². The molecule has 1 saturated heterocycles. The Morgan fingerprint density at radius 3 is 2.62 bits per heavy atom. The summed E-state index contributed by atoms with van der Waals surface area (Å²) in [6.07, 6.45) is 7.67. The van der Waals surface area contributed by atoms with Crippen LogP contribution in [0.4, 0.5) is 8.78 Å². The van der Waals surface area contributed by atoms with Crippen molar-refractivity contribution >= 4 is 11.6 Å². The first-order valence-corrected chi connectivity index (χ1v) is 8.41. The highest BCUT2D eigenvalue weighted by Crippen LogP contribution is 2.32. The number of benzene rings is 1. The van der Waals surface area contributed by atoms with Crippen LogP contribution in [-0.2, 0) is 0 Å². The largest absolute Gasteiger partial charge is 0.484 e. The molecule has 0 radical (unpaired) electrons. The zero-order valence-corrected chi connectivity index (χ0v) is 14.5. The molecule has 0 aliphatic carbocycles. The van der Waals surface area contributed by atoms with Crippen LogP contribution in [0, 0.1) is 17.6 Å². The fourth-order valence-corrected chi connectivity index (χ4v) is 3.12. The molecule has 1 aliphatic rings. The van der Waals surface area contributed by atoms with E-state index in [0.717, 1.165) is 49.2 Å². The van der Waals surface area contributed by atoms with Crippen LogP contribution in [-0.4, -0.2) is 19.7 Å². The van der Waals surface area contributed by atoms with Crippen LogP contribution in [0.25, 0.3) is 0 Å². The predicted octanol–water partition coefficient (Wildman–Crippen LogP) is 5.06. The van der Waals surface area contributed by atoms with E-state index in [9.17, 15) is 8.78 Å². The van der Waals surface area contributed by atoms with Gasteiger partial charge >= 0.3 is 0 Å². The lowest BCUT2D eigenvalue weighted by Gasteiger charge is -2.25. The van der Waals surface area contributed by atoms with E-state index in [2.05, 4.69) is 11.9 Å². The smallest absolute Gasteiger partial charge is 0.177 e. The van der Waals surface area contributed by atoms with E-state index in [0.29, 0.717) is 5.92 Å². The van der Waals surface area contributed by atoms with Crippen LogP contribution in [0.2, 0.25) is 5.02 Å². The van der Waals surface area contributed by atoms with Crippen molar-refractivity contribution in [3.05, 3.63) is 64.7 Å². The zero-order valence-electron chi connectivity index (χ0n) is 13.7. The lowest BCUT2D eigenvalue weighted by atomic mass is 9.86. The van der Waals surface area contributed by atoms with E-state index in [1.54, 1.807) is 0 Å². The van der Waals surface area contributed by atoms with Crippen LogP contribution >= 0.6 is 11.6 Å². The number of piperidine rings is 1. The lowest BCUT2D eigenvalue weighted by Crippen LogP contribution is -2.29. The first-order chi connectivity index (χ1) is 11.6. The molecule has 1 aromatic rings. The molecule has 1 aromatic carbocycles. The van der Waals surface area contributed by atoms with E-state index < -0.39 is 11.6 Å². The summed E-state index contributed by atoms with van der Waals surface area (Å²) in [6.45, 7) is 7.83. The molecule has 1 N–H and O–H groups in total. The molecule has 2 nitrogen and oxygen atoms in total. The summed E-state index contributed by atoms with van der Waals surface area (Å²) in [4.78, 5) is 0. The second-order valence-electron chi connectivity index (χ2n) is 5.67.